The van der Waals surface area contributed by atoms with Gasteiger partial charge in [0.25, 0.3) is 10.0 Å². The second-order valence-corrected chi connectivity index (χ2v) is 13.4. The van der Waals surface area contributed by atoms with Gasteiger partial charge in [0.15, 0.2) is 0 Å². The van der Waals surface area contributed by atoms with Crippen LogP contribution in [0.25, 0.3) is 21.6 Å². The molecule has 2 unspecified atom stereocenters. The minimum atomic E-state index is -3.66. The third-order valence-electron chi connectivity index (χ3n) is 6.94. The maximum Gasteiger partial charge on any atom is 0.273 e. The fourth-order valence-corrected chi connectivity index (χ4v) is 8.33. The number of thiophene rings is 1. The third-order valence-corrected chi connectivity index (χ3v) is 11.1. The Morgan fingerprint density at radius 1 is 1.14 bits per heavy atom. The fourth-order valence-electron chi connectivity index (χ4n) is 5.04. The van der Waals surface area contributed by atoms with Crippen LogP contribution < -0.4 is 4.31 Å². The lowest BCUT2D eigenvalue weighted by Gasteiger charge is -2.19. The van der Waals surface area contributed by atoms with E-state index in [0.717, 1.165) is 26.5 Å². The summed E-state index contributed by atoms with van der Waals surface area (Å²) < 4.78 is 27.7. The Bertz CT molecular complexity index is 1570. The number of carbonyl (C=O) groups excluding carboxylic acids is 2. The van der Waals surface area contributed by atoms with E-state index >= 15 is 0 Å². The number of para-hydroxylation sites is 1. The van der Waals surface area contributed by atoms with Gasteiger partial charge >= 0.3 is 0 Å². The molecule has 9 nitrogen and oxygen atoms in total. The van der Waals surface area contributed by atoms with E-state index in [1.807, 2.05) is 24.4 Å². The molecule has 5 heterocycles. The van der Waals surface area contributed by atoms with Crippen molar-refractivity contribution < 1.29 is 18.0 Å². The highest BCUT2D eigenvalue weighted by atomic mass is 32.2. The topological polar surface area (TPSA) is 107 Å². The van der Waals surface area contributed by atoms with Crippen LogP contribution in [0.3, 0.4) is 0 Å². The molecular weight excluding hydrogens is 518 g/mol. The molecule has 1 aromatic carbocycles. The summed E-state index contributed by atoms with van der Waals surface area (Å²) in [5, 5.41) is 3.43. The van der Waals surface area contributed by atoms with Gasteiger partial charge in [0.05, 0.1) is 28.7 Å². The largest absolute Gasteiger partial charge is 0.351 e. The Balaban J connectivity index is 1.24. The number of imide groups is 1. The SMILES string of the molecule is CN1C(=O)C2CN(Cc3cnc(-c4cc5cccc(N(C)S(=O)(=O)c6cccs6)c5[nH]4)s3)CC2C1=O. The molecule has 2 atom stereocenters. The number of rotatable bonds is 6. The van der Waals surface area contributed by atoms with Gasteiger partial charge in [0, 0.05) is 50.2 Å². The molecule has 2 saturated heterocycles. The van der Waals surface area contributed by atoms with Crippen LogP contribution in [0, 0.1) is 11.8 Å². The molecule has 3 aromatic heterocycles. The van der Waals surface area contributed by atoms with Gasteiger partial charge in [-0.3, -0.25) is 23.7 Å². The smallest absolute Gasteiger partial charge is 0.273 e. The average molecular weight is 542 g/mol. The van der Waals surface area contributed by atoms with Gasteiger partial charge in [-0.1, -0.05) is 18.2 Å². The molecule has 2 aliphatic rings. The maximum atomic E-state index is 13.1. The number of thiazole rings is 1. The van der Waals surface area contributed by atoms with Crippen molar-refractivity contribution in [3.63, 3.8) is 0 Å². The van der Waals surface area contributed by atoms with Crippen molar-refractivity contribution in [1.82, 2.24) is 19.8 Å². The van der Waals surface area contributed by atoms with E-state index in [0.29, 0.717) is 29.5 Å². The van der Waals surface area contributed by atoms with Crippen molar-refractivity contribution in [1.29, 1.82) is 0 Å². The first-order chi connectivity index (χ1) is 17.2. The molecule has 0 radical (unpaired) electrons. The molecule has 186 valence electrons. The Labute approximate surface area is 216 Å². The van der Waals surface area contributed by atoms with Gasteiger partial charge in [-0.25, -0.2) is 13.4 Å². The van der Waals surface area contributed by atoms with Gasteiger partial charge in [0.2, 0.25) is 11.8 Å². The van der Waals surface area contributed by atoms with Crippen LogP contribution in [0.1, 0.15) is 4.88 Å². The summed E-state index contributed by atoms with van der Waals surface area (Å²) in [5.41, 5.74) is 2.09. The van der Waals surface area contributed by atoms with Gasteiger partial charge in [-0.15, -0.1) is 22.7 Å². The average Bonchev–Trinajstić information content (AvgIpc) is 3.67. The summed E-state index contributed by atoms with van der Waals surface area (Å²) in [6.07, 6.45) is 1.82. The lowest BCUT2D eigenvalue weighted by molar-refractivity contribution is -0.138. The summed E-state index contributed by atoms with van der Waals surface area (Å²) in [6.45, 7) is 1.78. The number of fused-ring (bicyclic) bond motifs is 2. The number of benzene rings is 1. The van der Waals surface area contributed by atoms with Crippen LogP contribution in [-0.4, -0.2) is 67.2 Å². The number of nitrogens with zero attached hydrogens (tertiary/aromatic N) is 4. The van der Waals surface area contributed by atoms with Gasteiger partial charge in [-0.05, 0) is 23.6 Å². The van der Waals surface area contributed by atoms with Crippen molar-refractivity contribution >= 4 is 61.1 Å². The molecular formula is C24H23N5O4S3. The molecule has 0 bridgehead atoms. The first-order valence-electron chi connectivity index (χ1n) is 11.4. The molecule has 0 aliphatic carbocycles. The maximum absolute atomic E-state index is 13.1. The molecule has 1 N–H and O–H groups in total. The van der Waals surface area contributed by atoms with Gasteiger partial charge in [-0.2, -0.15) is 0 Å². The quantitative estimate of drug-likeness (QED) is 0.376. The van der Waals surface area contributed by atoms with E-state index in [4.69, 9.17) is 0 Å². The highest BCUT2D eigenvalue weighted by molar-refractivity contribution is 7.94. The number of aromatic amines is 1. The standard InChI is InChI=1S/C24H23N5O4S3/c1-27-23(30)16-12-29(13-17(16)24(27)31)11-15-10-25-22(35-15)18-9-14-5-3-6-19(21(14)26-18)28(2)36(32,33)20-7-4-8-34-20/h3-10,16-17,26H,11-13H2,1-2H3. The van der Waals surface area contributed by atoms with Crippen LogP contribution >= 0.6 is 22.7 Å². The normalized spacial score (nSPS) is 20.6. The lowest BCUT2D eigenvalue weighted by atomic mass is 10.00. The number of sulfonamides is 1. The number of aromatic nitrogens is 2. The summed E-state index contributed by atoms with van der Waals surface area (Å²) in [7, 11) is -0.541. The summed E-state index contributed by atoms with van der Waals surface area (Å²) >= 11 is 2.73. The predicted octanol–water partition coefficient (Wildman–Crippen LogP) is 3.22. The van der Waals surface area contributed by atoms with E-state index in [2.05, 4.69) is 14.9 Å². The van der Waals surface area contributed by atoms with Crippen molar-refractivity contribution in [3.8, 4) is 10.7 Å². The lowest BCUT2D eigenvalue weighted by Crippen LogP contribution is -2.32. The second-order valence-electron chi connectivity index (χ2n) is 9.10. The zero-order chi connectivity index (χ0) is 25.2. The second kappa shape index (κ2) is 8.51. The number of H-pyrrole nitrogens is 1. The van der Waals surface area contributed by atoms with Crippen molar-refractivity contribution in [2.24, 2.45) is 11.8 Å². The Morgan fingerprint density at radius 2 is 1.89 bits per heavy atom. The number of anilines is 1. The van der Waals surface area contributed by atoms with Crippen molar-refractivity contribution in [2.75, 3.05) is 31.5 Å². The predicted molar refractivity (Wildman–Crippen MR) is 139 cm³/mol. The van der Waals surface area contributed by atoms with E-state index in [1.165, 1.54) is 20.5 Å². The molecule has 36 heavy (non-hydrogen) atoms. The first kappa shape index (κ1) is 23.3. The number of hydrogen-bond donors (Lipinski definition) is 1. The monoisotopic (exact) mass is 541 g/mol. The van der Waals surface area contributed by atoms with E-state index in [-0.39, 0.29) is 23.7 Å². The Kier molecular flexibility index (Phi) is 5.52. The summed E-state index contributed by atoms with van der Waals surface area (Å²) in [4.78, 5) is 37.0. The zero-order valence-electron chi connectivity index (χ0n) is 19.5. The summed E-state index contributed by atoms with van der Waals surface area (Å²) in [5.74, 6) is -0.663. The van der Waals surface area contributed by atoms with E-state index < -0.39 is 10.0 Å². The van der Waals surface area contributed by atoms with Crippen molar-refractivity contribution in [2.45, 2.75) is 10.8 Å². The number of nitrogens with one attached hydrogen (secondary N) is 1. The minimum absolute atomic E-state index is 0.0857. The van der Waals surface area contributed by atoms with Crippen LogP contribution in [0.4, 0.5) is 5.69 Å². The van der Waals surface area contributed by atoms with Crippen LogP contribution in [-0.2, 0) is 26.2 Å². The molecule has 6 rings (SSSR count). The molecule has 2 amide bonds. The number of likely N-dealkylation sites (tertiary alicyclic amines) is 2. The van der Waals surface area contributed by atoms with Crippen LogP contribution in [0.15, 0.2) is 52.2 Å². The Morgan fingerprint density at radius 3 is 2.58 bits per heavy atom. The minimum Gasteiger partial charge on any atom is -0.351 e. The van der Waals surface area contributed by atoms with Crippen LogP contribution in [0.5, 0.6) is 0 Å². The molecule has 2 aliphatic heterocycles. The molecule has 0 spiro atoms. The Hall–Kier alpha value is -3.06. The van der Waals surface area contributed by atoms with Gasteiger partial charge < -0.3 is 4.98 Å². The molecule has 2 fully saturated rings. The zero-order valence-corrected chi connectivity index (χ0v) is 22.0. The van der Waals surface area contributed by atoms with Gasteiger partial charge in [0.1, 0.15) is 9.22 Å². The molecule has 0 saturated carbocycles. The van der Waals surface area contributed by atoms with E-state index in [1.54, 1.807) is 49.0 Å². The third kappa shape index (κ3) is 3.67. The van der Waals surface area contributed by atoms with Crippen LogP contribution in [0.2, 0.25) is 0 Å². The summed E-state index contributed by atoms with van der Waals surface area (Å²) in [6, 6.07) is 10.9. The molecule has 4 aromatic rings. The fraction of sp³-hybridized carbons (Fsp3) is 0.292. The van der Waals surface area contributed by atoms with Crippen molar-refractivity contribution in [3.05, 3.63) is 52.9 Å². The number of amides is 2. The first-order valence-corrected chi connectivity index (χ1v) is 14.5. The number of carbonyl (C=O) groups is 2. The highest BCUT2D eigenvalue weighted by Crippen LogP contribution is 2.36. The molecule has 12 heteroatoms. The highest BCUT2D eigenvalue weighted by Gasteiger charge is 2.50. The number of hydrogen-bond acceptors (Lipinski definition) is 8. The van der Waals surface area contributed by atoms with E-state index in [9.17, 15) is 18.0 Å².